The molecule has 8 nitrogen and oxygen atoms in total. The highest BCUT2D eigenvalue weighted by atomic mass is 32.2. The van der Waals surface area contributed by atoms with E-state index in [9.17, 15) is 13.2 Å². The van der Waals surface area contributed by atoms with E-state index >= 15 is 0 Å². The van der Waals surface area contributed by atoms with Crippen molar-refractivity contribution in [2.45, 2.75) is 18.4 Å². The Morgan fingerprint density at radius 2 is 1.89 bits per heavy atom. The summed E-state index contributed by atoms with van der Waals surface area (Å²) in [7, 11) is -2.68. The number of aromatic nitrogens is 1. The molecule has 1 aliphatic rings. The number of nitrogens with zero attached hydrogens (tertiary/aromatic N) is 2. The van der Waals surface area contributed by atoms with Crippen molar-refractivity contribution >= 4 is 37.5 Å². The molecule has 3 aromatic rings. The van der Waals surface area contributed by atoms with Gasteiger partial charge in [-0.3, -0.25) is 4.79 Å². The van der Waals surface area contributed by atoms with E-state index in [1.165, 1.54) is 23.8 Å². The van der Waals surface area contributed by atoms with Crippen LogP contribution in [0.15, 0.2) is 45.7 Å². The van der Waals surface area contributed by atoms with Crippen LogP contribution in [0.3, 0.4) is 0 Å². The first-order valence-electron chi connectivity index (χ1n) is 8.25. The highest BCUT2D eigenvalue weighted by molar-refractivity contribution is 7.90. The Morgan fingerprint density at radius 1 is 1.21 bits per heavy atom. The zero-order valence-electron chi connectivity index (χ0n) is 15.0. The predicted octanol–water partition coefficient (Wildman–Crippen LogP) is 2.20. The van der Waals surface area contributed by atoms with Crippen molar-refractivity contribution in [1.82, 2.24) is 4.57 Å². The van der Waals surface area contributed by atoms with E-state index < -0.39 is 16.0 Å². The lowest BCUT2D eigenvalue weighted by atomic mass is 10.2. The van der Waals surface area contributed by atoms with E-state index in [-0.39, 0.29) is 23.0 Å². The number of carbonyl (C=O) groups excluding carboxylic acids is 1. The summed E-state index contributed by atoms with van der Waals surface area (Å²) in [5.74, 6) is 0.565. The normalized spacial score (nSPS) is 13.9. The first-order valence-corrected chi connectivity index (χ1v) is 10.5. The third kappa shape index (κ3) is 3.36. The van der Waals surface area contributed by atoms with Crippen molar-refractivity contribution in [2.75, 3.05) is 13.9 Å². The third-order valence-corrected chi connectivity index (χ3v) is 6.65. The lowest BCUT2D eigenvalue weighted by Gasteiger charge is -2.05. The van der Waals surface area contributed by atoms with Crippen molar-refractivity contribution in [1.29, 1.82) is 0 Å². The number of hydrogen-bond donors (Lipinski definition) is 0. The Labute approximate surface area is 164 Å². The number of methoxy groups -OCH3 is 1. The zero-order chi connectivity index (χ0) is 19.9. The maximum absolute atomic E-state index is 12.8. The van der Waals surface area contributed by atoms with Crippen molar-refractivity contribution in [3.63, 3.8) is 0 Å². The summed E-state index contributed by atoms with van der Waals surface area (Å²) in [6.45, 7) is 1.80. The fourth-order valence-corrected chi connectivity index (χ4v) is 4.98. The molecule has 0 unspecified atom stereocenters. The molecule has 4 rings (SSSR count). The van der Waals surface area contributed by atoms with Gasteiger partial charge in [-0.1, -0.05) is 29.0 Å². The van der Waals surface area contributed by atoms with Crippen LogP contribution in [-0.2, 0) is 26.1 Å². The van der Waals surface area contributed by atoms with E-state index in [4.69, 9.17) is 14.2 Å². The van der Waals surface area contributed by atoms with Crippen LogP contribution in [0.2, 0.25) is 0 Å². The molecule has 1 aliphatic heterocycles. The standard InChI is InChI=1S/C18H16N2O6S2/c1-11-3-5-12(6-4-11)28(22,23)19-18-20(9-17(21)24-2)13-7-14-15(26-10-25-14)8-16(13)27-18/h3-8H,9-10H2,1-2H3/b19-18-. The molecule has 2 aromatic carbocycles. The van der Waals surface area contributed by atoms with Crippen molar-refractivity contribution in [3.8, 4) is 11.5 Å². The molecule has 1 aromatic heterocycles. The number of hydrogen-bond acceptors (Lipinski definition) is 7. The highest BCUT2D eigenvalue weighted by Crippen LogP contribution is 2.37. The molecular formula is C18H16N2O6S2. The van der Waals surface area contributed by atoms with Crippen LogP contribution < -0.4 is 14.3 Å². The Hall–Kier alpha value is -2.85. The van der Waals surface area contributed by atoms with Gasteiger partial charge >= 0.3 is 5.97 Å². The summed E-state index contributed by atoms with van der Waals surface area (Å²) in [4.78, 5) is 12.1. The van der Waals surface area contributed by atoms with Crippen LogP contribution in [0.1, 0.15) is 5.56 Å². The lowest BCUT2D eigenvalue weighted by Crippen LogP contribution is -2.22. The molecule has 0 atom stereocenters. The van der Waals surface area contributed by atoms with Gasteiger partial charge in [-0.15, -0.1) is 4.40 Å². The molecule has 2 heterocycles. The molecule has 146 valence electrons. The Morgan fingerprint density at radius 3 is 2.57 bits per heavy atom. The minimum Gasteiger partial charge on any atom is -0.468 e. The predicted molar refractivity (Wildman–Crippen MR) is 102 cm³/mol. The first kappa shape index (κ1) is 18.5. The summed E-state index contributed by atoms with van der Waals surface area (Å²) in [6.07, 6.45) is 0. The van der Waals surface area contributed by atoms with Gasteiger partial charge in [0.25, 0.3) is 10.0 Å². The number of rotatable bonds is 4. The Kier molecular flexibility index (Phi) is 4.60. The number of fused-ring (bicyclic) bond motifs is 2. The molecule has 0 bridgehead atoms. The van der Waals surface area contributed by atoms with Gasteiger partial charge in [-0.25, -0.2) is 0 Å². The summed E-state index contributed by atoms with van der Waals surface area (Å²) in [6, 6.07) is 9.86. The van der Waals surface area contributed by atoms with Crippen molar-refractivity contribution in [3.05, 3.63) is 46.8 Å². The van der Waals surface area contributed by atoms with Crippen LogP contribution in [0.4, 0.5) is 0 Å². The molecule has 10 heteroatoms. The number of ether oxygens (including phenoxy) is 3. The smallest absolute Gasteiger partial charge is 0.325 e. The van der Waals surface area contributed by atoms with Crippen LogP contribution in [-0.4, -0.2) is 32.9 Å². The quantitative estimate of drug-likeness (QED) is 0.601. The minimum absolute atomic E-state index is 0.0781. The molecular weight excluding hydrogens is 404 g/mol. The molecule has 0 amide bonds. The number of carbonyl (C=O) groups is 1. The van der Waals surface area contributed by atoms with Crippen LogP contribution in [0, 0.1) is 6.92 Å². The third-order valence-electron chi connectivity index (χ3n) is 4.21. The van der Waals surface area contributed by atoms with E-state index in [0.29, 0.717) is 21.7 Å². The van der Waals surface area contributed by atoms with Gasteiger partial charge in [0.1, 0.15) is 6.54 Å². The van der Waals surface area contributed by atoms with E-state index in [0.717, 1.165) is 16.9 Å². The molecule has 0 saturated carbocycles. The van der Waals surface area contributed by atoms with Gasteiger partial charge < -0.3 is 18.8 Å². The minimum atomic E-state index is -3.95. The number of benzene rings is 2. The molecule has 0 saturated heterocycles. The van der Waals surface area contributed by atoms with Gasteiger partial charge in [0.15, 0.2) is 11.5 Å². The SMILES string of the molecule is COC(=O)Cn1/c(=N/S(=O)(=O)c2ccc(C)cc2)sc2cc3c(cc21)OCO3. The average Bonchev–Trinajstić information content (AvgIpc) is 3.24. The summed E-state index contributed by atoms with van der Waals surface area (Å²) in [5.41, 5.74) is 1.55. The topological polar surface area (TPSA) is 96.2 Å². The number of thiazole rings is 1. The van der Waals surface area contributed by atoms with Crippen LogP contribution in [0.5, 0.6) is 11.5 Å². The highest BCUT2D eigenvalue weighted by Gasteiger charge is 2.20. The Balaban J connectivity index is 1.92. The van der Waals surface area contributed by atoms with Crippen molar-refractivity contribution < 1.29 is 27.4 Å². The monoisotopic (exact) mass is 420 g/mol. The largest absolute Gasteiger partial charge is 0.468 e. The fraction of sp³-hybridized carbons (Fsp3) is 0.222. The number of aryl methyl sites for hydroxylation is 1. The van der Waals surface area contributed by atoms with E-state index in [1.54, 1.807) is 24.3 Å². The second kappa shape index (κ2) is 6.95. The first-order chi connectivity index (χ1) is 13.4. The average molecular weight is 420 g/mol. The van der Waals surface area contributed by atoms with E-state index in [2.05, 4.69) is 4.40 Å². The van der Waals surface area contributed by atoms with Crippen LogP contribution in [0.25, 0.3) is 10.2 Å². The summed E-state index contributed by atoms with van der Waals surface area (Å²) < 4.78 is 47.2. The number of esters is 1. The molecule has 0 spiro atoms. The molecule has 28 heavy (non-hydrogen) atoms. The second-order valence-electron chi connectivity index (χ2n) is 6.10. The molecule has 0 N–H and O–H groups in total. The molecule has 0 aliphatic carbocycles. The molecule has 0 fully saturated rings. The van der Waals surface area contributed by atoms with Gasteiger partial charge in [-0.2, -0.15) is 8.42 Å². The summed E-state index contributed by atoms with van der Waals surface area (Å²) in [5, 5.41) is 0. The van der Waals surface area contributed by atoms with Gasteiger partial charge in [0, 0.05) is 12.1 Å². The summed E-state index contributed by atoms with van der Waals surface area (Å²) >= 11 is 1.14. The Bertz CT molecular complexity index is 1240. The molecule has 0 radical (unpaired) electrons. The van der Waals surface area contributed by atoms with E-state index in [1.807, 2.05) is 6.92 Å². The van der Waals surface area contributed by atoms with Gasteiger partial charge in [0.05, 0.1) is 22.2 Å². The lowest BCUT2D eigenvalue weighted by molar-refractivity contribution is -0.141. The number of sulfonamides is 1. The second-order valence-corrected chi connectivity index (χ2v) is 8.71. The van der Waals surface area contributed by atoms with Crippen molar-refractivity contribution in [2.24, 2.45) is 4.40 Å². The van der Waals surface area contributed by atoms with Crippen LogP contribution >= 0.6 is 11.3 Å². The van der Waals surface area contributed by atoms with Gasteiger partial charge in [0.2, 0.25) is 11.6 Å². The maximum Gasteiger partial charge on any atom is 0.325 e. The fourth-order valence-electron chi connectivity index (χ4n) is 2.74. The zero-order valence-corrected chi connectivity index (χ0v) is 16.7. The maximum atomic E-state index is 12.8. The van der Waals surface area contributed by atoms with Gasteiger partial charge in [-0.05, 0) is 19.1 Å².